The molecule has 0 fully saturated rings. The smallest absolute Gasteiger partial charge is 0.335 e. The van der Waals surface area contributed by atoms with Crippen LogP contribution in [-0.2, 0) is 0 Å². The van der Waals surface area contributed by atoms with Crippen molar-refractivity contribution >= 4 is 5.97 Å². The van der Waals surface area contributed by atoms with Crippen LogP contribution in [0.2, 0.25) is 0 Å². The van der Waals surface area contributed by atoms with Gasteiger partial charge in [-0.3, -0.25) is 0 Å². The second-order valence-electron chi connectivity index (χ2n) is 2.74. The SMILES string of the molecule is C/C(F)=C(\F)Oc1ccc(C(=O)O)cc1. The number of benzene rings is 1. The number of carboxylic acids is 1. The van der Waals surface area contributed by atoms with Crippen LogP contribution in [0.5, 0.6) is 5.75 Å². The monoisotopic (exact) mass is 214 g/mol. The van der Waals surface area contributed by atoms with Gasteiger partial charge in [-0.1, -0.05) is 0 Å². The third kappa shape index (κ3) is 3.05. The number of aromatic carboxylic acids is 1. The highest BCUT2D eigenvalue weighted by molar-refractivity contribution is 5.87. The largest absolute Gasteiger partial charge is 0.478 e. The van der Waals surface area contributed by atoms with Crippen molar-refractivity contribution in [3.8, 4) is 5.75 Å². The first kappa shape index (κ1) is 11.2. The predicted molar refractivity (Wildman–Crippen MR) is 48.9 cm³/mol. The molecule has 5 heteroatoms. The van der Waals surface area contributed by atoms with Crippen LogP contribution >= 0.6 is 0 Å². The summed E-state index contributed by atoms with van der Waals surface area (Å²) in [6.45, 7) is 0.918. The minimum atomic E-state index is -1.34. The van der Waals surface area contributed by atoms with E-state index in [4.69, 9.17) is 5.11 Å². The summed E-state index contributed by atoms with van der Waals surface area (Å²) in [6, 6.07) is 3.62. The van der Waals surface area contributed by atoms with Crippen LogP contribution in [0, 0.1) is 0 Å². The van der Waals surface area contributed by atoms with Crippen LogP contribution in [0.4, 0.5) is 8.78 Å². The molecule has 0 saturated heterocycles. The maximum Gasteiger partial charge on any atom is 0.335 e. The summed E-state index contributed by atoms with van der Waals surface area (Å²) in [4.78, 5) is 10.5. The van der Waals surface area contributed by atoms with E-state index < -0.39 is 17.8 Å². The van der Waals surface area contributed by atoms with Gasteiger partial charge in [0, 0.05) is 0 Å². The number of hydrogen-bond donors (Lipinski definition) is 1. The molecule has 0 unspecified atom stereocenters. The zero-order chi connectivity index (χ0) is 11.4. The molecule has 1 N–H and O–H groups in total. The van der Waals surface area contributed by atoms with Gasteiger partial charge in [0.25, 0.3) is 0 Å². The lowest BCUT2D eigenvalue weighted by atomic mass is 10.2. The molecule has 0 aliphatic carbocycles. The Hall–Kier alpha value is -1.91. The Labute approximate surface area is 84.6 Å². The second kappa shape index (κ2) is 4.54. The molecule has 1 aromatic carbocycles. The molecule has 3 nitrogen and oxygen atoms in total. The van der Waals surface area contributed by atoms with Crippen LogP contribution < -0.4 is 4.74 Å². The van der Waals surface area contributed by atoms with Gasteiger partial charge in [-0.25, -0.2) is 9.18 Å². The number of rotatable bonds is 3. The van der Waals surface area contributed by atoms with Crippen molar-refractivity contribution in [3.63, 3.8) is 0 Å². The summed E-state index contributed by atoms with van der Waals surface area (Å²) >= 11 is 0. The van der Waals surface area contributed by atoms with E-state index in [1.54, 1.807) is 0 Å². The van der Waals surface area contributed by atoms with Crippen molar-refractivity contribution in [2.75, 3.05) is 0 Å². The molecule has 0 atom stereocenters. The van der Waals surface area contributed by atoms with Gasteiger partial charge in [0.1, 0.15) is 5.75 Å². The summed E-state index contributed by atoms with van der Waals surface area (Å²) in [7, 11) is 0. The third-order valence-electron chi connectivity index (χ3n) is 1.58. The zero-order valence-corrected chi connectivity index (χ0v) is 7.83. The molecule has 0 spiro atoms. The summed E-state index contributed by atoms with van der Waals surface area (Å²) in [6.07, 6.45) is 0. The molecule has 0 heterocycles. The third-order valence-corrected chi connectivity index (χ3v) is 1.58. The lowest BCUT2D eigenvalue weighted by Crippen LogP contribution is -1.96. The van der Waals surface area contributed by atoms with Crippen molar-refractivity contribution in [1.29, 1.82) is 0 Å². The Morgan fingerprint density at radius 1 is 1.27 bits per heavy atom. The van der Waals surface area contributed by atoms with Gasteiger partial charge in [0.2, 0.25) is 0 Å². The van der Waals surface area contributed by atoms with Crippen molar-refractivity contribution in [2.24, 2.45) is 0 Å². The summed E-state index contributed by atoms with van der Waals surface area (Å²) in [5.74, 6) is -2.13. The van der Waals surface area contributed by atoms with Crippen LogP contribution in [0.1, 0.15) is 17.3 Å². The molecule has 0 radical (unpaired) electrons. The molecular formula is C10H8F2O3. The van der Waals surface area contributed by atoms with Gasteiger partial charge in [-0.2, -0.15) is 4.39 Å². The number of hydrogen-bond acceptors (Lipinski definition) is 2. The van der Waals surface area contributed by atoms with E-state index in [1.807, 2.05) is 0 Å². The normalized spacial score (nSPS) is 11.9. The molecule has 1 rings (SSSR count). The predicted octanol–water partition coefficient (Wildman–Crippen LogP) is 2.89. The van der Waals surface area contributed by atoms with Crippen LogP contribution in [0.25, 0.3) is 0 Å². The average molecular weight is 214 g/mol. The molecule has 0 aromatic heterocycles. The first-order chi connectivity index (χ1) is 7.00. The van der Waals surface area contributed by atoms with Crippen molar-refractivity contribution in [1.82, 2.24) is 0 Å². The Morgan fingerprint density at radius 2 is 1.80 bits per heavy atom. The molecule has 0 saturated carbocycles. The number of allylic oxidation sites excluding steroid dienone is 1. The van der Waals surface area contributed by atoms with Crippen molar-refractivity contribution in [3.05, 3.63) is 41.7 Å². The van der Waals surface area contributed by atoms with Crippen LogP contribution in [0.3, 0.4) is 0 Å². The minimum absolute atomic E-state index is 0.0366. The number of halogens is 2. The minimum Gasteiger partial charge on any atom is -0.478 e. The van der Waals surface area contributed by atoms with E-state index in [2.05, 4.69) is 4.74 Å². The second-order valence-corrected chi connectivity index (χ2v) is 2.74. The highest BCUT2D eigenvalue weighted by atomic mass is 19.2. The first-order valence-corrected chi connectivity index (χ1v) is 4.04. The zero-order valence-electron chi connectivity index (χ0n) is 7.83. The maximum absolute atomic E-state index is 12.6. The fourth-order valence-electron chi connectivity index (χ4n) is 0.839. The summed E-state index contributed by atoms with van der Waals surface area (Å²) in [5, 5.41) is 8.56. The van der Waals surface area contributed by atoms with E-state index in [0.717, 1.165) is 6.92 Å². The van der Waals surface area contributed by atoms with Gasteiger partial charge in [-0.15, -0.1) is 0 Å². The number of carbonyl (C=O) groups is 1. The molecule has 1 aromatic rings. The molecule has 15 heavy (non-hydrogen) atoms. The van der Waals surface area contributed by atoms with E-state index in [9.17, 15) is 13.6 Å². The van der Waals surface area contributed by atoms with Gasteiger partial charge in [-0.05, 0) is 31.2 Å². The summed E-state index contributed by atoms with van der Waals surface area (Å²) in [5.41, 5.74) is 0.0451. The average Bonchev–Trinajstić information content (AvgIpc) is 2.18. The molecule has 0 amide bonds. The molecule has 80 valence electrons. The Kier molecular flexibility index (Phi) is 3.38. The van der Waals surface area contributed by atoms with Gasteiger partial charge >= 0.3 is 12.0 Å². The van der Waals surface area contributed by atoms with Gasteiger partial charge in [0.05, 0.1) is 5.56 Å². The fourth-order valence-corrected chi connectivity index (χ4v) is 0.839. The summed E-state index contributed by atoms with van der Waals surface area (Å²) < 4.78 is 29.4. The van der Waals surface area contributed by atoms with Crippen LogP contribution in [-0.4, -0.2) is 11.1 Å². The Balaban J connectivity index is 2.82. The maximum atomic E-state index is 12.6. The molecule has 0 bridgehead atoms. The Morgan fingerprint density at radius 3 is 2.20 bits per heavy atom. The molecule has 0 aliphatic heterocycles. The highest BCUT2D eigenvalue weighted by Crippen LogP contribution is 2.18. The first-order valence-electron chi connectivity index (χ1n) is 4.04. The van der Waals surface area contributed by atoms with Crippen molar-refractivity contribution in [2.45, 2.75) is 6.92 Å². The number of carboxylic acid groups (broad SMARTS) is 1. The van der Waals surface area contributed by atoms with Crippen molar-refractivity contribution < 1.29 is 23.4 Å². The van der Waals surface area contributed by atoms with Gasteiger partial charge < -0.3 is 9.84 Å². The molecule has 0 aliphatic rings. The van der Waals surface area contributed by atoms with E-state index in [-0.39, 0.29) is 11.3 Å². The standard InChI is InChI=1S/C10H8F2O3/c1-6(11)9(12)15-8-4-2-7(3-5-8)10(13)14/h2-5H,1H3,(H,13,14)/b9-6-. The van der Waals surface area contributed by atoms with Gasteiger partial charge in [0.15, 0.2) is 5.83 Å². The lowest BCUT2D eigenvalue weighted by molar-refractivity contribution is 0.0697. The topological polar surface area (TPSA) is 46.5 Å². The highest BCUT2D eigenvalue weighted by Gasteiger charge is 2.06. The van der Waals surface area contributed by atoms with E-state index in [1.165, 1.54) is 24.3 Å². The number of ether oxygens (including phenoxy) is 1. The molecular weight excluding hydrogens is 206 g/mol. The van der Waals surface area contributed by atoms with E-state index >= 15 is 0 Å². The lowest BCUT2D eigenvalue weighted by Gasteiger charge is -2.02. The quantitative estimate of drug-likeness (QED) is 0.787. The van der Waals surface area contributed by atoms with Crippen LogP contribution in [0.15, 0.2) is 36.1 Å². The van der Waals surface area contributed by atoms with E-state index in [0.29, 0.717) is 0 Å². The fraction of sp³-hybridized carbons (Fsp3) is 0.100. The Bertz CT molecular complexity index is 392.